The van der Waals surface area contributed by atoms with Crippen LogP contribution in [0.5, 0.6) is 0 Å². The lowest BCUT2D eigenvalue weighted by Crippen LogP contribution is -2.41. The molecule has 4 heteroatoms. The summed E-state index contributed by atoms with van der Waals surface area (Å²) in [6.07, 6.45) is 2.17. The number of aromatic nitrogens is 3. The first-order valence-corrected chi connectivity index (χ1v) is 12.1. The molecule has 33 heavy (non-hydrogen) atoms. The van der Waals surface area contributed by atoms with Crippen LogP contribution in [0.4, 0.5) is 5.82 Å². The van der Waals surface area contributed by atoms with Crippen molar-refractivity contribution in [1.82, 2.24) is 14.6 Å². The van der Waals surface area contributed by atoms with Crippen molar-refractivity contribution in [3.63, 3.8) is 0 Å². The molecule has 1 aliphatic heterocycles. The predicted octanol–water partition coefficient (Wildman–Crippen LogP) is 6.84. The molecule has 3 heterocycles. The number of benzene rings is 2. The summed E-state index contributed by atoms with van der Waals surface area (Å²) < 4.78 is 2.14. The predicted molar refractivity (Wildman–Crippen MR) is 137 cm³/mol. The van der Waals surface area contributed by atoms with Crippen LogP contribution in [-0.4, -0.2) is 20.6 Å². The molecule has 0 fully saturated rings. The van der Waals surface area contributed by atoms with Gasteiger partial charge in [0.1, 0.15) is 5.82 Å². The van der Waals surface area contributed by atoms with E-state index in [1.54, 1.807) is 0 Å². The fourth-order valence-electron chi connectivity index (χ4n) is 5.87. The van der Waals surface area contributed by atoms with E-state index in [1.807, 2.05) is 0 Å². The van der Waals surface area contributed by atoms with E-state index in [1.165, 1.54) is 44.8 Å². The van der Waals surface area contributed by atoms with Crippen molar-refractivity contribution in [2.45, 2.75) is 73.4 Å². The van der Waals surface area contributed by atoms with E-state index in [0.29, 0.717) is 6.04 Å². The fourth-order valence-corrected chi connectivity index (χ4v) is 5.87. The summed E-state index contributed by atoms with van der Waals surface area (Å²) in [5.41, 5.74) is 12.1. The molecular formula is C29H34N4. The molecule has 4 aromatic rings. The second-order valence-electron chi connectivity index (χ2n) is 9.85. The molecule has 2 atom stereocenters. The Morgan fingerprint density at radius 2 is 1.58 bits per heavy atom. The van der Waals surface area contributed by atoms with Gasteiger partial charge in [0.25, 0.3) is 0 Å². The van der Waals surface area contributed by atoms with Crippen molar-refractivity contribution >= 4 is 11.5 Å². The van der Waals surface area contributed by atoms with Gasteiger partial charge in [0.05, 0.1) is 17.3 Å². The lowest BCUT2D eigenvalue weighted by Gasteiger charge is -2.41. The molecule has 0 radical (unpaired) electrons. The summed E-state index contributed by atoms with van der Waals surface area (Å²) in [6, 6.07) is 16.0. The van der Waals surface area contributed by atoms with Crippen LogP contribution in [-0.2, 0) is 6.42 Å². The topological polar surface area (TPSA) is 33.4 Å². The first kappa shape index (κ1) is 21.7. The van der Waals surface area contributed by atoms with Crippen molar-refractivity contribution in [2.75, 3.05) is 4.90 Å². The molecule has 0 N–H and O–H groups in total. The highest BCUT2D eigenvalue weighted by atomic mass is 15.4. The summed E-state index contributed by atoms with van der Waals surface area (Å²) in [4.78, 5) is 7.73. The van der Waals surface area contributed by atoms with Gasteiger partial charge < -0.3 is 4.90 Å². The lowest BCUT2D eigenvalue weighted by molar-refractivity contribution is 0.496. The van der Waals surface area contributed by atoms with Crippen LogP contribution < -0.4 is 4.90 Å². The molecule has 5 rings (SSSR count). The van der Waals surface area contributed by atoms with Gasteiger partial charge in [0.15, 0.2) is 5.65 Å². The molecule has 0 saturated heterocycles. The quantitative estimate of drug-likeness (QED) is 0.351. The first-order chi connectivity index (χ1) is 15.8. The van der Waals surface area contributed by atoms with E-state index < -0.39 is 0 Å². The molecule has 0 saturated carbocycles. The summed E-state index contributed by atoms with van der Waals surface area (Å²) in [7, 11) is 0. The van der Waals surface area contributed by atoms with E-state index in [-0.39, 0.29) is 6.04 Å². The van der Waals surface area contributed by atoms with Gasteiger partial charge in [-0.25, -0.2) is 4.98 Å². The Bertz CT molecular complexity index is 1330. The third-order valence-electron chi connectivity index (χ3n) is 7.37. The molecule has 2 aromatic heterocycles. The highest BCUT2D eigenvalue weighted by Gasteiger charge is 2.33. The minimum atomic E-state index is 0.251. The van der Waals surface area contributed by atoms with Crippen LogP contribution in [0.15, 0.2) is 42.5 Å². The molecule has 1 aliphatic rings. The Hall–Kier alpha value is -3.14. The molecule has 0 amide bonds. The number of hydrogen-bond donors (Lipinski definition) is 0. The van der Waals surface area contributed by atoms with Crippen molar-refractivity contribution in [2.24, 2.45) is 0 Å². The molecule has 170 valence electrons. The van der Waals surface area contributed by atoms with Crippen LogP contribution >= 0.6 is 0 Å². The Kier molecular flexibility index (Phi) is 5.27. The zero-order valence-corrected chi connectivity index (χ0v) is 20.9. The smallest absolute Gasteiger partial charge is 0.165 e. The molecule has 2 aromatic carbocycles. The van der Waals surface area contributed by atoms with Crippen LogP contribution in [0.3, 0.4) is 0 Å². The first-order valence-electron chi connectivity index (χ1n) is 12.1. The summed E-state index contributed by atoms with van der Waals surface area (Å²) in [5, 5.41) is 5.12. The average Bonchev–Trinajstić information content (AvgIpc) is 3.09. The van der Waals surface area contributed by atoms with E-state index in [9.17, 15) is 0 Å². The second-order valence-corrected chi connectivity index (χ2v) is 9.85. The van der Waals surface area contributed by atoms with Crippen LogP contribution in [0.2, 0.25) is 0 Å². The minimum Gasteiger partial charge on any atom is -0.347 e. The number of rotatable bonds is 3. The fraction of sp³-hybridized carbons (Fsp3) is 0.379. The number of fused-ring (bicyclic) bond motifs is 3. The maximum absolute atomic E-state index is 5.16. The average molecular weight is 439 g/mol. The monoisotopic (exact) mass is 438 g/mol. The Balaban J connectivity index is 1.79. The van der Waals surface area contributed by atoms with Gasteiger partial charge in [-0.2, -0.15) is 9.61 Å². The van der Waals surface area contributed by atoms with E-state index >= 15 is 0 Å². The number of anilines is 1. The van der Waals surface area contributed by atoms with E-state index in [0.717, 1.165) is 29.9 Å². The van der Waals surface area contributed by atoms with Crippen LogP contribution in [0.1, 0.15) is 65.5 Å². The second kappa shape index (κ2) is 8.02. The van der Waals surface area contributed by atoms with Gasteiger partial charge in [-0.15, -0.1) is 0 Å². The van der Waals surface area contributed by atoms with Gasteiger partial charge in [0, 0.05) is 17.3 Å². The minimum absolute atomic E-state index is 0.251. The molecule has 4 nitrogen and oxygen atoms in total. The van der Waals surface area contributed by atoms with Gasteiger partial charge >= 0.3 is 0 Å². The summed E-state index contributed by atoms with van der Waals surface area (Å²) in [6.45, 7) is 15.5. The SMILES string of the molecule is Cc1cc(C)c(-c2c(C)nn3c4c(c(C)nc23)CCC(C)N4C(C)c2ccccc2)c(C)c1. The highest BCUT2D eigenvalue weighted by molar-refractivity contribution is 5.85. The van der Waals surface area contributed by atoms with Crippen LogP contribution in [0.25, 0.3) is 16.8 Å². The number of aryl methyl sites for hydroxylation is 5. The molecule has 0 aliphatic carbocycles. The van der Waals surface area contributed by atoms with Crippen LogP contribution in [0, 0.1) is 34.6 Å². The van der Waals surface area contributed by atoms with Crippen molar-refractivity contribution in [1.29, 1.82) is 0 Å². The number of hydrogen-bond acceptors (Lipinski definition) is 3. The summed E-state index contributed by atoms with van der Waals surface area (Å²) >= 11 is 0. The Labute approximate surface area is 197 Å². The van der Waals surface area contributed by atoms with Gasteiger partial charge in [-0.3, -0.25) is 0 Å². The lowest BCUT2D eigenvalue weighted by atomic mass is 9.93. The van der Waals surface area contributed by atoms with E-state index in [2.05, 4.69) is 100 Å². The van der Waals surface area contributed by atoms with Crippen molar-refractivity contribution < 1.29 is 0 Å². The van der Waals surface area contributed by atoms with Crippen molar-refractivity contribution in [3.8, 4) is 11.1 Å². The zero-order valence-electron chi connectivity index (χ0n) is 20.9. The maximum Gasteiger partial charge on any atom is 0.165 e. The molecular weight excluding hydrogens is 404 g/mol. The van der Waals surface area contributed by atoms with Gasteiger partial charge in [-0.1, -0.05) is 48.0 Å². The molecule has 0 bridgehead atoms. The van der Waals surface area contributed by atoms with Gasteiger partial charge in [-0.05, 0) is 83.6 Å². The molecule has 0 spiro atoms. The maximum atomic E-state index is 5.16. The zero-order chi connectivity index (χ0) is 23.4. The van der Waals surface area contributed by atoms with E-state index in [4.69, 9.17) is 10.1 Å². The van der Waals surface area contributed by atoms with Crippen molar-refractivity contribution in [3.05, 3.63) is 81.7 Å². The number of nitrogens with zero attached hydrogens (tertiary/aromatic N) is 4. The summed E-state index contributed by atoms with van der Waals surface area (Å²) in [5.74, 6) is 1.21. The highest BCUT2D eigenvalue weighted by Crippen LogP contribution is 2.41. The van der Waals surface area contributed by atoms with Gasteiger partial charge in [0.2, 0.25) is 0 Å². The Morgan fingerprint density at radius 3 is 2.24 bits per heavy atom. The normalized spacial score (nSPS) is 16.8. The third-order valence-corrected chi connectivity index (χ3v) is 7.37. The standard InChI is InChI=1S/C29H34N4/c1-17-15-18(2)26(19(3)16-17)27-22(6)31-33-28(27)30-21(5)25-14-13-20(4)32(29(25)33)23(7)24-11-9-8-10-12-24/h8-12,15-16,20,23H,13-14H2,1-7H3. The molecule has 2 unspecified atom stereocenters. The Morgan fingerprint density at radius 1 is 0.909 bits per heavy atom. The largest absolute Gasteiger partial charge is 0.347 e. The third kappa shape index (κ3) is 3.43.